The van der Waals surface area contributed by atoms with Crippen molar-refractivity contribution in [2.45, 2.75) is 37.3 Å². The number of amides is 1. The summed E-state index contributed by atoms with van der Waals surface area (Å²) < 4.78 is 10.5. The molecule has 2 aliphatic carbocycles. The van der Waals surface area contributed by atoms with Gasteiger partial charge in [-0.3, -0.25) is 0 Å². The van der Waals surface area contributed by atoms with Gasteiger partial charge in [0.1, 0.15) is 6.61 Å². The van der Waals surface area contributed by atoms with Crippen molar-refractivity contribution in [2.75, 3.05) is 13.7 Å². The van der Waals surface area contributed by atoms with Crippen LogP contribution in [0.25, 0.3) is 0 Å². The van der Waals surface area contributed by atoms with Gasteiger partial charge in [-0.2, -0.15) is 0 Å². The summed E-state index contributed by atoms with van der Waals surface area (Å²) in [5.74, 6) is 0. The number of hydrogen-bond donors (Lipinski definition) is 1. The van der Waals surface area contributed by atoms with Crippen molar-refractivity contribution in [2.24, 2.45) is 5.41 Å². The van der Waals surface area contributed by atoms with Gasteiger partial charge in [-0.05, 0) is 12.8 Å². The molecule has 0 aromatic rings. The fourth-order valence-corrected chi connectivity index (χ4v) is 3.39. The van der Waals surface area contributed by atoms with E-state index in [0.29, 0.717) is 12.7 Å². The van der Waals surface area contributed by atoms with Crippen LogP contribution in [0, 0.1) is 5.41 Å². The molecule has 3 rings (SSSR count). The fourth-order valence-electron chi connectivity index (χ4n) is 3.39. The third-order valence-corrected chi connectivity index (χ3v) is 4.42. The summed E-state index contributed by atoms with van der Waals surface area (Å²) in [6.45, 7) is 0.533. The topological polar surface area (TPSA) is 47.6 Å². The zero-order chi connectivity index (χ0) is 9.81. The van der Waals surface area contributed by atoms with Crippen LogP contribution in [0.3, 0.4) is 0 Å². The third-order valence-electron chi connectivity index (χ3n) is 4.42. The number of methoxy groups -OCH3 is 1. The minimum absolute atomic E-state index is 0.0942. The van der Waals surface area contributed by atoms with Gasteiger partial charge in [-0.25, -0.2) is 4.79 Å². The van der Waals surface area contributed by atoms with Crippen molar-refractivity contribution in [1.82, 2.24) is 5.32 Å². The van der Waals surface area contributed by atoms with E-state index in [9.17, 15) is 4.79 Å². The van der Waals surface area contributed by atoms with E-state index in [-0.39, 0.29) is 17.0 Å². The molecule has 1 N–H and O–H groups in total. The lowest BCUT2D eigenvalue weighted by Gasteiger charge is -2.65. The monoisotopic (exact) mass is 197 g/mol. The second kappa shape index (κ2) is 2.42. The van der Waals surface area contributed by atoms with E-state index >= 15 is 0 Å². The number of hydrogen-bond acceptors (Lipinski definition) is 3. The molecule has 2 unspecified atom stereocenters. The van der Waals surface area contributed by atoms with E-state index in [1.54, 1.807) is 7.11 Å². The van der Waals surface area contributed by atoms with Gasteiger partial charge in [-0.15, -0.1) is 0 Å². The minimum atomic E-state index is -0.258. The van der Waals surface area contributed by atoms with Crippen molar-refractivity contribution in [3.8, 4) is 0 Å². The van der Waals surface area contributed by atoms with Crippen LogP contribution in [-0.4, -0.2) is 31.5 Å². The van der Waals surface area contributed by atoms with Crippen LogP contribution in [0.1, 0.15) is 25.7 Å². The molecular formula is C10H15NO3. The molecular weight excluding hydrogens is 182 g/mol. The maximum absolute atomic E-state index is 11.1. The predicted octanol–water partition coefficient (Wildman–Crippen LogP) is 1.05. The third kappa shape index (κ3) is 0.726. The van der Waals surface area contributed by atoms with E-state index in [1.807, 2.05) is 0 Å². The Hall–Kier alpha value is -0.770. The molecule has 0 aromatic carbocycles. The lowest BCUT2D eigenvalue weighted by atomic mass is 9.44. The van der Waals surface area contributed by atoms with Crippen molar-refractivity contribution in [3.05, 3.63) is 0 Å². The Morgan fingerprint density at radius 1 is 1.57 bits per heavy atom. The molecule has 0 aromatic heterocycles. The first-order valence-corrected chi connectivity index (χ1v) is 5.20. The Kier molecular flexibility index (Phi) is 1.48. The Morgan fingerprint density at radius 3 is 2.79 bits per heavy atom. The zero-order valence-electron chi connectivity index (χ0n) is 8.34. The second-order valence-electron chi connectivity index (χ2n) is 4.72. The number of carbonyl (C=O) groups excluding carboxylic acids is 1. The van der Waals surface area contributed by atoms with E-state index in [4.69, 9.17) is 9.47 Å². The molecule has 1 heterocycles. The van der Waals surface area contributed by atoms with Crippen molar-refractivity contribution in [1.29, 1.82) is 0 Å². The molecule has 2 spiro atoms. The lowest BCUT2D eigenvalue weighted by Crippen LogP contribution is -2.75. The van der Waals surface area contributed by atoms with Crippen molar-refractivity contribution >= 4 is 6.09 Å². The second-order valence-corrected chi connectivity index (χ2v) is 4.72. The molecule has 2 saturated carbocycles. The molecule has 3 fully saturated rings. The van der Waals surface area contributed by atoms with E-state index in [1.165, 1.54) is 6.42 Å². The SMILES string of the molecule is COC1CC2(COC(=O)N2)C12CCC2. The summed E-state index contributed by atoms with van der Waals surface area (Å²) in [4.78, 5) is 11.1. The van der Waals surface area contributed by atoms with E-state index < -0.39 is 0 Å². The van der Waals surface area contributed by atoms with Gasteiger partial charge < -0.3 is 14.8 Å². The molecule has 1 aliphatic heterocycles. The van der Waals surface area contributed by atoms with E-state index in [2.05, 4.69) is 5.32 Å². The zero-order valence-corrected chi connectivity index (χ0v) is 8.34. The summed E-state index contributed by atoms with van der Waals surface area (Å²) >= 11 is 0. The fraction of sp³-hybridized carbons (Fsp3) is 0.900. The van der Waals surface area contributed by atoms with Gasteiger partial charge in [0.2, 0.25) is 0 Å². The maximum atomic E-state index is 11.1. The summed E-state index contributed by atoms with van der Waals surface area (Å²) in [5.41, 5.74) is 0.0942. The number of carbonyl (C=O) groups is 1. The summed E-state index contributed by atoms with van der Waals surface area (Å²) in [6, 6.07) is 0. The molecule has 0 bridgehead atoms. The largest absolute Gasteiger partial charge is 0.447 e. The van der Waals surface area contributed by atoms with Crippen LogP contribution in [0.4, 0.5) is 4.79 Å². The highest BCUT2D eigenvalue weighted by Gasteiger charge is 2.71. The highest BCUT2D eigenvalue weighted by atomic mass is 16.6. The highest BCUT2D eigenvalue weighted by Crippen LogP contribution is 2.63. The van der Waals surface area contributed by atoms with Gasteiger partial charge in [0, 0.05) is 18.9 Å². The first kappa shape index (κ1) is 8.53. The lowest BCUT2D eigenvalue weighted by molar-refractivity contribution is -0.205. The Morgan fingerprint density at radius 2 is 2.36 bits per heavy atom. The average molecular weight is 197 g/mol. The summed E-state index contributed by atoms with van der Waals surface area (Å²) in [7, 11) is 1.76. The minimum Gasteiger partial charge on any atom is -0.447 e. The Labute approximate surface area is 82.9 Å². The van der Waals surface area contributed by atoms with E-state index in [0.717, 1.165) is 19.3 Å². The predicted molar refractivity (Wildman–Crippen MR) is 48.9 cm³/mol. The number of alkyl carbamates (subject to hydrolysis) is 1. The van der Waals surface area contributed by atoms with Crippen LogP contribution in [0.5, 0.6) is 0 Å². The molecule has 78 valence electrons. The standard InChI is InChI=1S/C10H15NO3/c1-13-7-5-10(6-14-8(12)11-10)9(7)3-2-4-9/h7H,2-6H2,1H3,(H,11,12). The van der Waals surface area contributed by atoms with Crippen LogP contribution in [0.15, 0.2) is 0 Å². The van der Waals surface area contributed by atoms with Gasteiger partial charge in [0.25, 0.3) is 0 Å². The average Bonchev–Trinajstić information content (AvgIpc) is 2.43. The molecule has 14 heavy (non-hydrogen) atoms. The number of rotatable bonds is 1. The Bertz CT molecular complexity index is 287. The first-order valence-electron chi connectivity index (χ1n) is 5.20. The molecule has 2 atom stereocenters. The molecule has 3 aliphatic rings. The van der Waals surface area contributed by atoms with Gasteiger partial charge in [0.05, 0.1) is 11.6 Å². The first-order chi connectivity index (χ1) is 6.72. The molecule has 1 amide bonds. The Balaban J connectivity index is 1.86. The molecule has 0 radical (unpaired) electrons. The summed E-state index contributed by atoms with van der Waals surface area (Å²) in [5, 5.41) is 2.98. The number of cyclic esters (lactones) is 1. The highest BCUT2D eigenvalue weighted by molar-refractivity contribution is 5.71. The normalized spacial score (nSPS) is 42.9. The smallest absolute Gasteiger partial charge is 0.407 e. The van der Waals surface area contributed by atoms with Crippen molar-refractivity contribution < 1.29 is 14.3 Å². The van der Waals surface area contributed by atoms with Crippen LogP contribution >= 0.6 is 0 Å². The quantitative estimate of drug-likeness (QED) is 0.683. The number of ether oxygens (including phenoxy) is 2. The van der Waals surface area contributed by atoms with Crippen LogP contribution < -0.4 is 5.32 Å². The van der Waals surface area contributed by atoms with Crippen LogP contribution in [-0.2, 0) is 9.47 Å². The molecule has 4 heteroatoms. The van der Waals surface area contributed by atoms with Gasteiger partial charge in [0.15, 0.2) is 0 Å². The summed E-state index contributed by atoms with van der Waals surface area (Å²) in [6.07, 6.45) is 4.54. The number of nitrogens with one attached hydrogen (secondary N) is 1. The molecule has 1 saturated heterocycles. The number of fused-ring (bicyclic) bond motifs is 1. The van der Waals surface area contributed by atoms with Crippen molar-refractivity contribution in [3.63, 3.8) is 0 Å². The van der Waals surface area contributed by atoms with Crippen LogP contribution in [0.2, 0.25) is 0 Å². The maximum Gasteiger partial charge on any atom is 0.407 e. The van der Waals surface area contributed by atoms with Gasteiger partial charge >= 0.3 is 6.09 Å². The van der Waals surface area contributed by atoms with Gasteiger partial charge in [-0.1, -0.05) is 6.42 Å². The molecule has 4 nitrogen and oxygen atoms in total.